The first-order chi connectivity index (χ1) is 8.09. The van der Waals surface area contributed by atoms with E-state index in [2.05, 4.69) is 4.98 Å². The normalized spacial score (nSPS) is 10.2. The molecule has 0 fully saturated rings. The molecular formula is C12H14N4O. The largest absolute Gasteiger partial charge is 0.368 e. The minimum Gasteiger partial charge on any atom is -0.368 e. The van der Waals surface area contributed by atoms with Crippen molar-refractivity contribution >= 4 is 11.9 Å². The second-order valence-electron chi connectivity index (χ2n) is 3.74. The number of benzene rings is 1. The fourth-order valence-electron chi connectivity index (χ4n) is 1.53. The molecule has 1 heterocycles. The van der Waals surface area contributed by atoms with E-state index < -0.39 is 0 Å². The first kappa shape index (κ1) is 11.2. The summed E-state index contributed by atoms with van der Waals surface area (Å²) in [5.41, 5.74) is 7.49. The van der Waals surface area contributed by atoms with Crippen LogP contribution in [-0.4, -0.2) is 22.6 Å². The molecule has 0 atom stereocenters. The molecule has 0 saturated heterocycles. The Balaban J connectivity index is 2.41. The van der Waals surface area contributed by atoms with E-state index in [1.807, 2.05) is 30.3 Å². The van der Waals surface area contributed by atoms with Gasteiger partial charge >= 0.3 is 0 Å². The first-order valence-electron chi connectivity index (χ1n) is 5.24. The average molecular weight is 230 g/mol. The lowest BCUT2D eigenvalue weighted by Crippen LogP contribution is -2.34. The van der Waals surface area contributed by atoms with Crippen LogP contribution in [0.1, 0.15) is 6.92 Å². The van der Waals surface area contributed by atoms with Crippen molar-refractivity contribution in [3.8, 4) is 11.3 Å². The molecule has 5 heteroatoms. The molecule has 88 valence electrons. The van der Waals surface area contributed by atoms with Gasteiger partial charge in [-0.05, 0) is 0 Å². The summed E-state index contributed by atoms with van der Waals surface area (Å²) >= 11 is 0. The summed E-state index contributed by atoms with van der Waals surface area (Å²) in [4.78, 5) is 15.5. The van der Waals surface area contributed by atoms with Crippen LogP contribution in [0.4, 0.5) is 5.95 Å². The Labute approximate surface area is 99.5 Å². The van der Waals surface area contributed by atoms with Gasteiger partial charge in [0.15, 0.2) is 0 Å². The number of hydrogen-bond acceptors (Lipinski definition) is 3. The van der Waals surface area contributed by atoms with E-state index >= 15 is 0 Å². The zero-order valence-corrected chi connectivity index (χ0v) is 9.79. The summed E-state index contributed by atoms with van der Waals surface area (Å²) in [6, 6.07) is 9.68. The lowest BCUT2D eigenvalue weighted by atomic mass is 10.2. The highest BCUT2D eigenvalue weighted by Gasteiger charge is 2.12. The third-order valence-corrected chi connectivity index (χ3v) is 2.56. The Kier molecular flexibility index (Phi) is 2.82. The van der Waals surface area contributed by atoms with Crippen molar-refractivity contribution in [2.75, 3.05) is 17.8 Å². The van der Waals surface area contributed by atoms with Crippen LogP contribution in [-0.2, 0) is 4.79 Å². The Hall–Kier alpha value is -2.30. The van der Waals surface area contributed by atoms with Crippen LogP contribution in [0.25, 0.3) is 11.3 Å². The van der Waals surface area contributed by atoms with Gasteiger partial charge in [-0.25, -0.2) is 9.66 Å². The molecule has 2 N–H and O–H groups in total. The van der Waals surface area contributed by atoms with Crippen LogP contribution in [0.15, 0.2) is 36.5 Å². The lowest BCUT2D eigenvalue weighted by molar-refractivity contribution is -0.117. The molecule has 0 aliphatic rings. The molecule has 0 aliphatic heterocycles. The quantitative estimate of drug-likeness (QED) is 0.844. The van der Waals surface area contributed by atoms with Crippen LogP contribution in [0.5, 0.6) is 0 Å². The number of imidazole rings is 1. The van der Waals surface area contributed by atoms with E-state index in [0.29, 0.717) is 5.95 Å². The fourth-order valence-corrected chi connectivity index (χ4v) is 1.53. The highest BCUT2D eigenvalue weighted by Crippen LogP contribution is 2.19. The number of rotatable bonds is 2. The number of carbonyl (C=O) groups excluding carboxylic acids is 1. The van der Waals surface area contributed by atoms with Crippen molar-refractivity contribution in [1.29, 1.82) is 0 Å². The number of nitrogens with zero attached hydrogens (tertiary/aromatic N) is 3. The number of hydrogen-bond donors (Lipinski definition) is 1. The molecule has 1 amide bonds. The van der Waals surface area contributed by atoms with Crippen LogP contribution in [0, 0.1) is 0 Å². The lowest BCUT2D eigenvalue weighted by Gasteiger charge is -2.16. The van der Waals surface area contributed by atoms with Crippen molar-refractivity contribution in [2.24, 2.45) is 0 Å². The third kappa shape index (κ3) is 2.13. The summed E-state index contributed by atoms with van der Waals surface area (Å²) < 4.78 is 1.53. The molecule has 5 nitrogen and oxygen atoms in total. The van der Waals surface area contributed by atoms with Gasteiger partial charge in [0, 0.05) is 19.5 Å². The molecule has 0 radical (unpaired) electrons. The van der Waals surface area contributed by atoms with Crippen molar-refractivity contribution in [1.82, 2.24) is 9.66 Å². The number of nitrogen functional groups attached to an aromatic ring is 1. The second kappa shape index (κ2) is 4.29. The van der Waals surface area contributed by atoms with Gasteiger partial charge in [-0.3, -0.25) is 9.80 Å². The molecule has 0 bridgehead atoms. The highest BCUT2D eigenvalue weighted by molar-refractivity contribution is 5.83. The van der Waals surface area contributed by atoms with Crippen LogP contribution in [0.2, 0.25) is 0 Å². The van der Waals surface area contributed by atoms with E-state index in [4.69, 9.17) is 5.73 Å². The number of aromatic nitrogens is 2. The monoisotopic (exact) mass is 230 g/mol. The van der Waals surface area contributed by atoms with Gasteiger partial charge in [-0.2, -0.15) is 0 Å². The standard InChI is InChI=1S/C12H14N4O/c1-9(17)15(2)16-8-11(14-12(16)13)10-6-4-3-5-7-10/h3-8H,1-2H3,(H2,13,14). The van der Waals surface area contributed by atoms with E-state index in [-0.39, 0.29) is 5.91 Å². The van der Waals surface area contributed by atoms with Crippen LogP contribution < -0.4 is 10.7 Å². The molecule has 0 unspecified atom stereocenters. The maximum Gasteiger partial charge on any atom is 0.238 e. The molecule has 17 heavy (non-hydrogen) atoms. The molecule has 1 aromatic carbocycles. The number of carbonyl (C=O) groups is 1. The number of anilines is 1. The molecule has 0 saturated carbocycles. The Morgan fingerprint density at radius 1 is 1.35 bits per heavy atom. The Bertz CT molecular complexity index is 533. The zero-order chi connectivity index (χ0) is 12.4. The average Bonchev–Trinajstić information content (AvgIpc) is 2.71. The van der Waals surface area contributed by atoms with Crippen molar-refractivity contribution in [2.45, 2.75) is 6.92 Å². The Morgan fingerprint density at radius 3 is 2.59 bits per heavy atom. The minimum atomic E-state index is -0.103. The molecule has 0 aliphatic carbocycles. The third-order valence-electron chi connectivity index (χ3n) is 2.56. The smallest absolute Gasteiger partial charge is 0.238 e. The van der Waals surface area contributed by atoms with Crippen LogP contribution >= 0.6 is 0 Å². The topological polar surface area (TPSA) is 64.2 Å². The maximum atomic E-state index is 11.3. The van der Waals surface area contributed by atoms with E-state index in [1.54, 1.807) is 13.2 Å². The van der Waals surface area contributed by atoms with Gasteiger partial charge in [0.05, 0.1) is 11.9 Å². The summed E-state index contributed by atoms with van der Waals surface area (Å²) in [6.07, 6.45) is 1.74. The van der Waals surface area contributed by atoms with Gasteiger partial charge in [0.2, 0.25) is 11.9 Å². The van der Waals surface area contributed by atoms with Crippen molar-refractivity contribution in [3.05, 3.63) is 36.5 Å². The minimum absolute atomic E-state index is 0.103. The second-order valence-corrected chi connectivity index (χ2v) is 3.74. The number of nitrogens with two attached hydrogens (primary N) is 1. The summed E-state index contributed by atoms with van der Waals surface area (Å²) in [6.45, 7) is 1.47. The zero-order valence-electron chi connectivity index (χ0n) is 9.79. The van der Waals surface area contributed by atoms with Gasteiger partial charge in [-0.1, -0.05) is 30.3 Å². The fraction of sp³-hybridized carbons (Fsp3) is 0.167. The number of amides is 1. The van der Waals surface area contributed by atoms with Gasteiger partial charge in [0.25, 0.3) is 0 Å². The van der Waals surface area contributed by atoms with E-state index in [9.17, 15) is 4.79 Å². The molecule has 0 spiro atoms. The molecule has 2 rings (SSSR count). The van der Waals surface area contributed by atoms with E-state index in [0.717, 1.165) is 11.3 Å². The molecule has 1 aromatic heterocycles. The first-order valence-corrected chi connectivity index (χ1v) is 5.24. The maximum absolute atomic E-state index is 11.3. The van der Waals surface area contributed by atoms with E-state index in [1.165, 1.54) is 16.6 Å². The SMILES string of the molecule is CC(=O)N(C)n1cc(-c2ccccc2)nc1N. The van der Waals surface area contributed by atoms with Gasteiger partial charge in [-0.15, -0.1) is 0 Å². The predicted molar refractivity (Wildman–Crippen MR) is 66.9 cm³/mol. The van der Waals surface area contributed by atoms with Crippen molar-refractivity contribution < 1.29 is 4.79 Å². The summed E-state index contributed by atoms with van der Waals surface area (Å²) in [5, 5.41) is 1.41. The summed E-state index contributed by atoms with van der Waals surface area (Å²) in [5.74, 6) is 0.190. The molecular weight excluding hydrogens is 216 g/mol. The van der Waals surface area contributed by atoms with Crippen LogP contribution in [0.3, 0.4) is 0 Å². The van der Waals surface area contributed by atoms with Gasteiger partial charge < -0.3 is 5.73 Å². The van der Waals surface area contributed by atoms with Gasteiger partial charge in [0.1, 0.15) is 0 Å². The van der Waals surface area contributed by atoms with Crippen molar-refractivity contribution in [3.63, 3.8) is 0 Å². The predicted octanol–water partition coefficient (Wildman–Crippen LogP) is 1.25. The molecule has 2 aromatic rings. The highest BCUT2D eigenvalue weighted by atomic mass is 16.2. The Morgan fingerprint density at radius 2 is 2.00 bits per heavy atom. The summed E-state index contributed by atoms with van der Waals surface area (Å²) in [7, 11) is 1.65.